The molecular formula is C8H14N4. The van der Waals surface area contributed by atoms with Crippen molar-refractivity contribution in [1.29, 1.82) is 0 Å². The van der Waals surface area contributed by atoms with Crippen LogP contribution in [0.3, 0.4) is 0 Å². The molecule has 1 heterocycles. The van der Waals surface area contributed by atoms with Crippen LogP contribution in [-0.2, 0) is 13.6 Å². The van der Waals surface area contributed by atoms with Gasteiger partial charge >= 0.3 is 0 Å². The van der Waals surface area contributed by atoms with Gasteiger partial charge in [0, 0.05) is 12.6 Å². The van der Waals surface area contributed by atoms with Crippen LogP contribution in [0.2, 0.25) is 0 Å². The third-order valence-corrected chi connectivity index (χ3v) is 2.48. The molecule has 0 aliphatic heterocycles. The third kappa shape index (κ3) is 1.48. The van der Waals surface area contributed by atoms with Gasteiger partial charge in [-0.1, -0.05) is 0 Å². The van der Waals surface area contributed by atoms with Crippen LogP contribution in [0.15, 0.2) is 6.33 Å². The van der Waals surface area contributed by atoms with Crippen molar-refractivity contribution >= 4 is 0 Å². The van der Waals surface area contributed by atoms with Crippen LogP contribution in [0.1, 0.15) is 25.6 Å². The van der Waals surface area contributed by atoms with E-state index < -0.39 is 0 Å². The lowest BCUT2D eigenvalue weighted by molar-refractivity contribution is 0.511. The van der Waals surface area contributed by atoms with Crippen LogP contribution in [0.4, 0.5) is 0 Å². The van der Waals surface area contributed by atoms with Gasteiger partial charge < -0.3 is 5.32 Å². The molecular weight excluding hydrogens is 152 g/mol. The number of hydrogen-bond donors (Lipinski definition) is 1. The Bertz CT molecular complexity index is 274. The molecule has 0 spiro atoms. The average molecular weight is 166 g/mol. The van der Waals surface area contributed by atoms with Gasteiger partial charge in [-0.15, -0.1) is 0 Å². The number of nitrogens with one attached hydrogen (secondary N) is 1. The maximum Gasteiger partial charge on any atom is 0.140 e. The fourth-order valence-electron chi connectivity index (χ4n) is 1.14. The largest absolute Gasteiger partial charge is 0.305 e. The molecule has 0 radical (unpaired) electrons. The SMILES string of the molecule is Cn1ncnc1CNC1(C)CC1. The summed E-state index contributed by atoms with van der Waals surface area (Å²) in [4.78, 5) is 4.14. The van der Waals surface area contributed by atoms with Crippen LogP contribution >= 0.6 is 0 Å². The van der Waals surface area contributed by atoms with Crippen molar-refractivity contribution < 1.29 is 0 Å². The molecule has 4 nitrogen and oxygen atoms in total. The minimum absolute atomic E-state index is 0.381. The molecule has 4 heteroatoms. The predicted molar refractivity (Wildman–Crippen MR) is 45.5 cm³/mol. The number of hydrogen-bond acceptors (Lipinski definition) is 3. The highest BCUT2D eigenvalue weighted by atomic mass is 15.3. The molecule has 0 unspecified atom stereocenters. The van der Waals surface area contributed by atoms with Gasteiger partial charge in [0.15, 0.2) is 0 Å². The molecule has 1 fully saturated rings. The molecule has 0 aromatic carbocycles. The molecule has 1 aromatic rings. The highest BCUT2D eigenvalue weighted by molar-refractivity contribution is 4.99. The first-order chi connectivity index (χ1) is 5.70. The second kappa shape index (κ2) is 2.55. The fraction of sp³-hybridized carbons (Fsp3) is 0.750. The summed E-state index contributed by atoms with van der Waals surface area (Å²) in [6.07, 6.45) is 4.15. The fourth-order valence-corrected chi connectivity index (χ4v) is 1.14. The van der Waals surface area contributed by atoms with E-state index in [2.05, 4.69) is 22.3 Å². The maximum absolute atomic E-state index is 4.14. The lowest BCUT2D eigenvalue weighted by Gasteiger charge is -2.09. The number of nitrogens with zero attached hydrogens (tertiary/aromatic N) is 3. The summed E-state index contributed by atoms with van der Waals surface area (Å²) in [5.74, 6) is 1.00. The second-order valence-corrected chi connectivity index (χ2v) is 3.71. The van der Waals surface area contributed by atoms with Crippen LogP contribution in [0.5, 0.6) is 0 Å². The normalized spacial score (nSPS) is 19.5. The van der Waals surface area contributed by atoms with Crippen molar-refractivity contribution in [3.8, 4) is 0 Å². The summed E-state index contributed by atoms with van der Waals surface area (Å²) in [5.41, 5.74) is 0.381. The van der Waals surface area contributed by atoms with E-state index >= 15 is 0 Å². The molecule has 1 aromatic heterocycles. The third-order valence-electron chi connectivity index (χ3n) is 2.48. The summed E-state index contributed by atoms with van der Waals surface area (Å²) < 4.78 is 1.80. The Morgan fingerprint density at radius 3 is 2.92 bits per heavy atom. The first-order valence-electron chi connectivity index (χ1n) is 4.28. The molecule has 1 aliphatic rings. The molecule has 1 saturated carbocycles. The van der Waals surface area contributed by atoms with Crippen molar-refractivity contribution in [3.63, 3.8) is 0 Å². The zero-order valence-electron chi connectivity index (χ0n) is 7.54. The number of rotatable bonds is 3. The Labute approximate surface area is 72.0 Å². The van der Waals surface area contributed by atoms with Gasteiger partial charge in [-0.05, 0) is 19.8 Å². The predicted octanol–water partition coefficient (Wildman–Crippen LogP) is 0.457. The molecule has 0 atom stereocenters. The second-order valence-electron chi connectivity index (χ2n) is 3.71. The molecule has 0 amide bonds. The van der Waals surface area contributed by atoms with Crippen molar-refractivity contribution in [3.05, 3.63) is 12.2 Å². The molecule has 1 N–H and O–H groups in total. The zero-order valence-corrected chi connectivity index (χ0v) is 7.54. The van der Waals surface area contributed by atoms with E-state index in [0.29, 0.717) is 5.54 Å². The van der Waals surface area contributed by atoms with E-state index in [9.17, 15) is 0 Å². The lowest BCUT2D eigenvalue weighted by Crippen LogP contribution is -2.28. The molecule has 66 valence electrons. The van der Waals surface area contributed by atoms with E-state index in [1.54, 1.807) is 11.0 Å². The van der Waals surface area contributed by atoms with E-state index in [-0.39, 0.29) is 0 Å². The molecule has 2 rings (SSSR count). The van der Waals surface area contributed by atoms with Gasteiger partial charge in [0.1, 0.15) is 12.2 Å². The summed E-state index contributed by atoms with van der Waals surface area (Å²) in [6, 6.07) is 0. The van der Waals surface area contributed by atoms with E-state index in [4.69, 9.17) is 0 Å². The van der Waals surface area contributed by atoms with E-state index in [1.807, 2.05) is 7.05 Å². The molecule has 12 heavy (non-hydrogen) atoms. The Kier molecular flexibility index (Phi) is 1.65. The average Bonchev–Trinajstić information content (AvgIpc) is 2.61. The summed E-state index contributed by atoms with van der Waals surface area (Å²) >= 11 is 0. The Morgan fingerprint density at radius 1 is 1.67 bits per heavy atom. The summed E-state index contributed by atoms with van der Waals surface area (Å²) in [6.45, 7) is 3.07. The first-order valence-corrected chi connectivity index (χ1v) is 4.28. The van der Waals surface area contributed by atoms with E-state index in [1.165, 1.54) is 12.8 Å². The molecule has 0 bridgehead atoms. The number of aromatic nitrogens is 3. The molecule has 1 aliphatic carbocycles. The van der Waals surface area contributed by atoms with Gasteiger partial charge in [0.2, 0.25) is 0 Å². The Balaban J connectivity index is 1.91. The lowest BCUT2D eigenvalue weighted by atomic mass is 10.3. The first kappa shape index (κ1) is 7.73. The van der Waals surface area contributed by atoms with Crippen molar-refractivity contribution in [1.82, 2.24) is 20.1 Å². The van der Waals surface area contributed by atoms with Crippen LogP contribution in [-0.4, -0.2) is 20.3 Å². The van der Waals surface area contributed by atoms with Gasteiger partial charge in [-0.2, -0.15) is 5.10 Å². The number of aryl methyl sites for hydroxylation is 1. The van der Waals surface area contributed by atoms with Crippen LogP contribution in [0.25, 0.3) is 0 Å². The van der Waals surface area contributed by atoms with E-state index in [0.717, 1.165) is 12.4 Å². The summed E-state index contributed by atoms with van der Waals surface area (Å²) in [7, 11) is 1.92. The van der Waals surface area contributed by atoms with Crippen LogP contribution < -0.4 is 5.32 Å². The summed E-state index contributed by atoms with van der Waals surface area (Å²) in [5, 5.41) is 7.46. The molecule has 0 saturated heterocycles. The highest BCUT2D eigenvalue weighted by Crippen LogP contribution is 2.34. The standard InChI is InChI=1S/C8H14N4/c1-8(3-4-8)10-5-7-9-6-11-12(7)2/h6,10H,3-5H2,1-2H3. The van der Waals surface area contributed by atoms with Crippen molar-refractivity contribution in [2.24, 2.45) is 7.05 Å². The quantitative estimate of drug-likeness (QED) is 0.709. The smallest absolute Gasteiger partial charge is 0.140 e. The van der Waals surface area contributed by atoms with Crippen molar-refractivity contribution in [2.45, 2.75) is 31.8 Å². The van der Waals surface area contributed by atoms with Gasteiger partial charge in [-0.25, -0.2) is 4.98 Å². The topological polar surface area (TPSA) is 42.7 Å². The highest BCUT2D eigenvalue weighted by Gasteiger charge is 2.36. The zero-order chi connectivity index (χ0) is 8.60. The van der Waals surface area contributed by atoms with Gasteiger partial charge in [0.05, 0.1) is 6.54 Å². The van der Waals surface area contributed by atoms with Gasteiger partial charge in [0.25, 0.3) is 0 Å². The monoisotopic (exact) mass is 166 g/mol. The maximum atomic E-state index is 4.14. The van der Waals surface area contributed by atoms with Crippen LogP contribution in [0, 0.1) is 0 Å². The minimum Gasteiger partial charge on any atom is -0.305 e. The Morgan fingerprint density at radius 2 is 2.42 bits per heavy atom. The van der Waals surface area contributed by atoms with Gasteiger partial charge in [-0.3, -0.25) is 4.68 Å². The van der Waals surface area contributed by atoms with Crippen molar-refractivity contribution in [2.75, 3.05) is 0 Å². The minimum atomic E-state index is 0.381. The Hall–Kier alpha value is -0.900.